The molecule has 1 aromatic rings. The van der Waals surface area contributed by atoms with Crippen molar-refractivity contribution in [2.24, 2.45) is 0 Å². The molecule has 1 unspecified atom stereocenters. The average molecular weight is 304 g/mol. The summed E-state index contributed by atoms with van der Waals surface area (Å²) < 4.78 is 39.2. The minimum Gasteiger partial charge on any atom is -0.314 e. The topological polar surface area (TPSA) is 55.2 Å². The number of hydrogen-bond acceptors (Lipinski definition) is 3. The molecule has 4 nitrogen and oxygen atoms in total. The van der Waals surface area contributed by atoms with Gasteiger partial charge >= 0.3 is 6.18 Å². The number of hydrogen-bond donors (Lipinski definition) is 1. The first-order valence-corrected chi connectivity index (χ1v) is 6.87. The highest BCUT2D eigenvalue weighted by Crippen LogP contribution is 2.35. The molecule has 0 saturated heterocycles. The molecule has 118 valence electrons. The normalized spacial score (nSPS) is 13.2. The molecule has 1 atom stereocenters. The van der Waals surface area contributed by atoms with Crippen molar-refractivity contribution < 1.29 is 18.1 Å². The number of nitro benzene ring substituents is 1. The summed E-state index contributed by atoms with van der Waals surface area (Å²) in [6.45, 7) is 4.60. The molecular weight excluding hydrogens is 285 g/mol. The Bertz CT molecular complexity index is 490. The maximum Gasteiger partial charge on any atom is 0.416 e. The van der Waals surface area contributed by atoms with Gasteiger partial charge in [0.05, 0.1) is 10.5 Å². The van der Waals surface area contributed by atoms with E-state index >= 15 is 0 Å². The maximum atomic E-state index is 13.1. The lowest BCUT2D eigenvalue weighted by atomic mass is 9.97. The molecule has 0 fully saturated rings. The molecule has 0 aliphatic heterocycles. The van der Waals surface area contributed by atoms with Crippen LogP contribution >= 0.6 is 0 Å². The minimum atomic E-state index is -4.59. The molecule has 0 heterocycles. The van der Waals surface area contributed by atoms with Gasteiger partial charge in [-0.25, -0.2) is 0 Å². The Kier molecular flexibility index (Phi) is 6.14. The van der Waals surface area contributed by atoms with E-state index in [4.69, 9.17) is 0 Å². The molecule has 0 aliphatic carbocycles. The van der Waals surface area contributed by atoms with Crippen LogP contribution in [-0.4, -0.2) is 17.5 Å². The third kappa shape index (κ3) is 5.00. The van der Waals surface area contributed by atoms with Gasteiger partial charge < -0.3 is 5.32 Å². The molecule has 0 saturated carbocycles. The molecule has 1 rings (SSSR count). The third-order valence-electron chi connectivity index (χ3n) is 3.25. The molecule has 0 bridgehead atoms. The number of nitrogens with one attached hydrogen (secondary N) is 1. The SMILES string of the molecule is CCCNC(CC)Cc1ccc([N+](=O)[O-])cc1C(F)(F)F. The predicted molar refractivity (Wildman–Crippen MR) is 74.2 cm³/mol. The van der Waals surface area contributed by atoms with Crippen molar-refractivity contribution >= 4 is 5.69 Å². The standard InChI is InChI=1S/C14H19F3N2O2/c1-3-7-18-11(4-2)8-10-5-6-12(19(20)21)9-13(10)14(15,16)17/h5-6,9,11,18H,3-4,7-8H2,1-2H3. The third-order valence-corrected chi connectivity index (χ3v) is 3.25. The van der Waals surface area contributed by atoms with Crippen LogP contribution in [0.5, 0.6) is 0 Å². The van der Waals surface area contributed by atoms with E-state index in [1.54, 1.807) is 0 Å². The van der Waals surface area contributed by atoms with Crippen LogP contribution < -0.4 is 5.32 Å². The first-order valence-electron chi connectivity index (χ1n) is 6.87. The summed E-state index contributed by atoms with van der Waals surface area (Å²) in [5.41, 5.74) is -1.38. The molecule has 0 amide bonds. The maximum absolute atomic E-state index is 13.1. The van der Waals surface area contributed by atoms with E-state index in [1.807, 2.05) is 13.8 Å². The van der Waals surface area contributed by atoms with Gasteiger partial charge in [-0.15, -0.1) is 0 Å². The zero-order valence-corrected chi connectivity index (χ0v) is 12.0. The summed E-state index contributed by atoms with van der Waals surface area (Å²) in [6, 6.07) is 2.86. The van der Waals surface area contributed by atoms with Crippen LogP contribution in [0.1, 0.15) is 37.8 Å². The van der Waals surface area contributed by atoms with Crippen molar-refractivity contribution in [2.45, 2.75) is 45.3 Å². The van der Waals surface area contributed by atoms with E-state index in [2.05, 4.69) is 5.32 Å². The number of alkyl halides is 3. The number of halogens is 3. The van der Waals surface area contributed by atoms with Crippen molar-refractivity contribution in [3.8, 4) is 0 Å². The van der Waals surface area contributed by atoms with Gasteiger partial charge in [-0.2, -0.15) is 13.2 Å². The molecule has 0 aliphatic rings. The fraction of sp³-hybridized carbons (Fsp3) is 0.571. The molecule has 0 spiro atoms. The number of benzene rings is 1. The van der Waals surface area contributed by atoms with Gasteiger partial charge in [0.2, 0.25) is 0 Å². The van der Waals surface area contributed by atoms with E-state index < -0.39 is 22.4 Å². The Morgan fingerprint density at radius 2 is 2.00 bits per heavy atom. The predicted octanol–water partition coefficient (Wildman–Crippen LogP) is 3.93. The van der Waals surface area contributed by atoms with Crippen LogP contribution in [0.3, 0.4) is 0 Å². The molecule has 1 aromatic carbocycles. The number of non-ortho nitro benzene ring substituents is 1. The number of rotatable bonds is 7. The monoisotopic (exact) mass is 304 g/mol. The Morgan fingerprint density at radius 3 is 2.48 bits per heavy atom. The summed E-state index contributed by atoms with van der Waals surface area (Å²) in [5, 5.41) is 13.8. The molecule has 7 heteroatoms. The van der Waals surface area contributed by atoms with Crippen LogP contribution in [-0.2, 0) is 12.6 Å². The Balaban J connectivity index is 3.07. The molecule has 0 aromatic heterocycles. The fourth-order valence-electron chi connectivity index (χ4n) is 2.09. The van der Waals surface area contributed by atoms with E-state index in [0.717, 1.165) is 19.0 Å². The quantitative estimate of drug-likeness (QED) is 0.613. The molecule has 1 N–H and O–H groups in total. The van der Waals surface area contributed by atoms with Crippen molar-refractivity contribution in [2.75, 3.05) is 6.54 Å². The zero-order valence-electron chi connectivity index (χ0n) is 12.0. The first kappa shape index (κ1) is 17.4. The van der Waals surface area contributed by atoms with Gasteiger partial charge in [-0.3, -0.25) is 10.1 Å². The van der Waals surface area contributed by atoms with Gasteiger partial charge in [0, 0.05) is 18.2 Å². The van der Waals surface area contributed by atoms with Crippen molar-refractivity contribution in [1.29, 1.82) is 0 Å². The molecular formula is C14H19F3N2O2. The van der Waals surface area contributed by atoms with E-state index in [9.17, 15) is 23.3 Å². The number of nitro groups is 1. The van der Waals surface area contributed by atoms with E-state index in [-0.39, 0.29) is 18.0 Å². The lowest BCUT2D eigenvalue weighted by Gasteiger charge is -2.19. The highest BCUT2D eigenvalue weighted by atomic mass is 19.4. The number of nitrogens with zero attached hydrogens (tertiary/aromatic N) is 1. The Labute approximate surface area is 121 Å². The van der Waals surface area contributed by atoms with Crippen LogP contribution in [0.25, 0.3) is 0 Å². The summed E-state index contributed by atoms with van der Waals surface area (Å²) >= 11 is 0. The lowest BCUT2D eigenvalue weighted by molar-refractivity contribution is -0.385. The molecule has 0 radical (unpaired) electrons. The second-order valence-corrected chi connectivity index (χ2v) is 4.86. The fourth-order valence-corrected chi connectivity index (χ4v) is 2.09. The van der Waals surface area contributed by atoms with Crippen LogP contribution in [0, 0.1) is 10.1 Å². The summed E-state index contributed by atoms with van der Waals surface area (Å²) in [7, 11) is 0. The Morgan fingerprint density at radius 1 is 1.33 bits per heavy atom. The highest BCUT2D eigenvalue weighted by Gasteiger charge is 2.35. The molecule has 21 heavy (non-hydrogen) atoms. The van der Waals surface area contributed by atoms with E-state index in [0.29, 0.717) is 12.5 Å². The second kappa shape index (κ2) is 7.40. The van der Waals surface area contributed by atoms with Crippen molar-refractivity contribution in [1.82, 2.24) is 5.32 Å². The van der Waals surface area contributed by atoms with Gasteiger partial charge in [-0.05, 0) is 31.4 Å². The first-order chi connectivity index (χ1) is 9.79. The zero-order chi connectivity index (χ0) is 16.0. The minimum absolute atomic E-state index is 0.0764. The van der Waals surface area contributed by atoms with Crippen molar-refractivity contribution in [3.63, 3.8) is 0 Å². The summed E-state index contributed by atoms with van der Waals surface area (Å²) in [5.74, 6) is 0. The van der Waals surface area contributed by atoms with Crippen LogP contribution in [0.2, 0.25) is 0 Å². The smallest absolute Gasteiger partial charge is 0.314 e. The van der Waals surface area contributed by atoms with Gasteiger partial charge in [0.1, 0.15) is 0 Å². The Hall–Kier alpha value is -1.63. The largest absolute Gasteiger partial charge is 0.416 e. The van der Waals surface area contributed by atoms with E-state index in [1.165, 1.54) is 6.07 Å². The van der Waals surface area contributed by atoms with Crippen LogP contribution in [0.15, 0.2) is 18.2 Å². The average Bonchev–Trinajstić information content (AvgIpc) is 2.42. The lowest BCUT2D eigenvalue weighted by Crippen LogP contribution is -2.31. The summed E-state index contributed by atoms with van der Waals surface area (Å²) in [4.78, 5) is 9.82. The van der Waals surface area contributed by atoms with Gasteiger partial charge in [0.25, 0.3) is 5.69 Å². The van der Waals surface area contributed by atoms with Crippen molar-refractivity contribution in [3.05, 3.63) is 39.4 Å². The van der Waals surface area contributed by atoms with Crippen LogP contribution in [0.4, 0.5) is 18.9 Å². The summed E-state index contributed by atoms with van der Waals surface area (Å²) in [6.07, 6.45) is -2.81. The second-order valence-electron chi connectivity index (χ2n) is 4.86. The highest BCUT2D eigenvalue weighted by molar-refractivity contribution is 5.41. The van der Waals surface area contributed by atoms with Gasteiger partial charge in [-0.1, -0.05) is 19.9 Å². The van der Waals surface area contributed by atoms with Gasteiger partial charge in [0.15, 0.2) is 0 Å².